The summed E-state index contributed by atoms with van der Waals surface area (Å²) in [5.74, 6) is 0. The molecule has 18 heavy (non-hydrogen) atoms. The Labute approximate surface area is 111 Å². The van der Waals surface area contributed by atoms with Gasteiger partial charge < -0.3 is 5.32 Å². The molecule has 0 bridgehead atoms. The first kappa shape index (κ1) is 13.3. The van der Waals surface area contributed by atoms with Crippen LogP contribution in [0.3, 0.4) is 0 Å². The Balaban J connectivity index is 2.24. The summed E-state index contributed by atoms with van der Waals surface area (Å²) in [4.78, 5) is 2.59. The summed E-state index contributed by atoms with van der Waals surface area (Å²) in [5, 5.41) is 3.42. The van der Waals surface area contributed by atoms with Crippen molar-refractivity contribution >= 4 is 0 Å². The lowest BCUT2D eigenvalue weighted by Gasteiger charge is -2.36. The predicted octanol–water partition coefficient (Wildman–Crippen LogP) is 2.91. The Morgan fingerprint density at radius 3 is 2.61 bits per heavy atom. The van der Waals surface area contributed by atoms with Crippen LogP contribution in [0.4, 0.5) is 0 Å². The molecule has 1 aliphatic rings. The molecule has 1 N–H and O–H groups in total. The Bertz CT molecular complexity index is 405. The third-order valence-corrected chi connectivity index (χ3v) is 3.68. The van der Waals surface area contributed by atoms with Crippen LogP contribution >= 0.6 is 0 Å². The molecular formula is C16H24N2. The Morgan fingerprint density at radius 1 is 1.33 bits per heavy atom. The first-order valence-electron chi connectivity index (χ1n) is 6.83. The molecule has 1 aromatic carbocycles. The molecule has 0 spiro atoms. The fourth-order valence-electron chi connectivity index (χ4n) is 2.72. The van der Waals surface area contributed by atoms with Gasteiger partial charge in [0, 0.05) is 32.2 Å². The highest BCUT2D eigenvalue weighted by molar-refractivity contribution is 5.30. The van der Waals surface area contributed by atoms with Gasteiger partial charge in [-0.3, -0.25) is 4.90 Å². The second-order valence-corrected chi connectivity index (χ2v) is 5.32. The van der Waals surface area contributed by atoms with Gasteiger partial charge in [-0.2, -0.15) is 0 Å². The monoisotopic (exact) mass is 244 g/mol. The lowest BCUT2D eigenvalue weighted by atomic mass is 9.94. The maximum Gasteiger partial charge on any atom is 0.0388 e. The normalized spacial score (nSPS) is 18.6. The van der Waals surface area contributed by atoms with E-state index in [1.54, 1.807) is 0 Å². The highest BCUT2D eigenvalue weighted by Crippen LogP contribution is 2.29. The topological polar surface area (TPSA) is 15.3 Å². The van der Waals surface area contributed by atoms with Crippen LogP contribution in [0.5, 0.6) is 0 Å². The van der Waals surface area contributed by atoms with Gasteiger partial charge in [0.1, 0.15) is 0 Å². The van der Waals surface area contributed by atoms with Gasteiger partial charge in [-0.15, -0.1) is 6.58 Å². The lowest BCUT2D eigenvalue weighted by molar-refractivity contribution is 0.172. The lowest BCUT2D eigenvalue weighted by Crippen LogP contribution is -2.45. The Morgan fingerprint density at radius 2 is 2.00 bits per heavy atom. The first-order chi connectivity index (χ1) is 8.68. The summed E-state index contributed by atoms with van der Waals surface area (Å²) in [5.41, 5.74) is 4.12. The van der Waals surface area contributed by atoms with E-state index < -0.39 is 0 Å². The average molecular weight is 244 g/mol. The summed E-state index contributed by atoms with van der Waals surface area (Å²) < 4.78 is 0. The van der Waals surface area contributed by atoms with Crippen molar-refractivity contribution in [3.8, 4) is 0 Å². The molecular weight excluding hydrogens is 220 g/mol. The van der Waals surface area contributed by atoms with Crippen molar-refractivity contribution in [1.82, 2.24) is 10.2 Å². The molecule has 1 heterocycles. The van der Waals surface area contributed by atoms with E-state index in [0.717, 1.165) is 32.6 Å². The maximum absolute atomic E-state index is 4.10. The van der Waals surface area contributed by atoms with Gasteiger partial charge in [0.15, 0.2) is 0 Å². The zero-order valence-corrected chi connectivity index (χ0v) is 11.6. The minimum Gasteiger partial charge on any atom is -0.314 e. The average Bonchev–Trinajstić information content (AvgIpc) is 2.38. The summed E-state index contributed by atoms with van der Waals surface area (Å²) in [6.45, 7) is 12.9. The van der Waals surface area contributed by atoms with E-state index >= 15 is 0 Å². The fourth-order valence-corrected chi connectivity index (χ4v) is 2.72. The molecule has 0 aromatic heterocycles. The number of piperazine rings is 1. The van der Waals surface area contributed by atoms with Gasteiger partial charge in [0.05, 0.1) is 0 Å². The van der Waals surface area contributed by atoms with Gasteiger partial charge in [-0.25, -0.2) is 0 Å². The van der Waals surface area contributed by atoms with E-state index in [-0.39, 0.29) is 0 Å². The second-order valence-electron chi connectivity index (χ2n) is 5.32. The van der Waals surface area contributed by atoms with Gasteiger partial charge in [-0.05, 0) is 31.4 Å². The summed E-state index contributed by atoms with van der Waals surface area (Å²) in [7, 11) is 0. The van der Waals surface area contributed by atoms with E-state index in [0.29, 0.717) is 6.04 Å². The highest BCUT2D eigenvalue weighted by Gasteiger charge is 2.22. The van der Waals surface area contributed by atoms with Crippen LogP contribution in [-0.4, -0.2) is 31.1 Å². The number of aryl methyl sites for hydroxylation is 1. The van der Waals surface area contributed by atoms with Crippen LogP contribution in [0.1, 0.15) is 30.5 Å². The summed E-state index contributed by atoms with van der Waals surface area (Å²) in [6, 6.07) is 9.24. The quantitative estimate of drug-likeness (QED) is 0.819. The molecule has 0 unspecified atom stereocenters. The van der Waals surface area contributed by atoms with Crippen LogP contribution in [0.15, 0.2) is 36.4 Å². The summed E-state index contributed by atoms with van der Waals surface area (Å²) >= 11 is 0. The molecule has 0 radical (unpaired) electrons. The molecule has 1 atom stereocenters. The van der Waals surface area contributed by atoms with Gasteiger partial charge in [0.25, 0.3) is 0 Å². The number of hydrogen-bond donors (Lipinski definition) is 1. The molecule has 2 nitrogen and oxygen atoms in total. The molecule has 0 saturated carbocycles. The number of benzene rings is 1. The largest absolute Gasteiger partial charge is 0.314 e. The van der Waals surface area contributed by atoms with Crippen LogP contribution in [0.2, 0.25) is 0 Å². The van der Waals surface area contributed by atoms with E-state index in [1.165, 1.54) is 16.7 Å². The molecule has 1 aromatic rings. The second kappa shape index (κ2) is 6.17. The van der Waals surface area contributed by atoms with Crippen molar-refractivity contribution in [2.24, 2.45) is 0 Å². The first-order valence-corrected chi connectivity index (χ1v) is 6.83. The molecule has 1 fully saturated rings. The molecule has 1 saturated heterocycles. The number of nitrogens with zero attached hydrogens (tertiary/aromatic N) is 1. The zero-order chi connectivity index (χ0) is 13.0. The van der Waals surface area contributed by atoms with Crippen molar-refractivity contribution in [2.45, 2.75) is 26.3 Å². The molecule has 0 amide bonds. The number of rotatable bonds is 4. The fraction of sp³-hybridized carbons (Fsp3) is 0.500. The highest BCUT2D eigenvalue weighted by atomic mass is 15.2. The molecule has 2 heteroatoms. The van der Waals surface area contributed by atoms with Crippen molar-refractivity contribution in [3.63, 3.8) is 0 Å². The maximum atomic E-state index is 4.10. The predicted molar refractivity (Wildman–Crippen MR) is 77.8 cm³/mol. The minimum absolute atomic E-state index is 0.491. The van der Waals surface area contributed by atoms with E-state index in [4.69, 9.17) is 0 Å². The van der Waals surface area contributed by atoms with Crippen LogP contribution < -0.4 is 5.32 Å². The third kappa shape index (κ3) is 3.21. The summed E-state index contributed by atoms with van der Waals surface area (Å²) in [6.07, 6.45) is 1.06. The van der Waals surface area contributed by atoms with Crippen molar-refractivity contribution in [3.05, 3.63) is 47.5 Å². The SMILES string of the molecule is C=C(C)C[C@H](c1ccccc1C)N1CCNCC1. The molecule has 98 valence electrons. The number of hydrogen-bond acceptors (Lipinski definition) is 2. The van der Waals surface area contributed by atoms with E-state index in [2.05, 4.69) is 54.9 Å². The van der Waals surface area contributed by atoms with Crippen molar-refractivity contribution in [1.29, 1.82) is 0 Å². The Kier molecular flexibility index (Phi) is 4.56. The van der Waals surface area contributed by atoms with E-state index in [1.807, 2.05) is 0 Å². The smallest absolute Gasteiger partial charge is 0.0388 e. The Hall–Kier alpha value is -1.12. The van der Waals surface area contributed by atoms with Crippen molar-refractivity contribution in [2.75, 3.05) is 26.2 Å². The van der Waals surface area contributed by atoms with Gasteiger partial charge in [0.2, 0.25) is 0 Å². The van der Waals surface area contributed by atoms with Crippen LogP contribution in [0.25, 0.3) is 0 Å². The van der Waals surface area contributed by atoms with Crippen LogP contribution in [-0.2, 0) is 0 Å². The molecule has 2 rings (SSSR count). The van der Waals surface area contributed by atoms with Crippen molar-refractivity contribution < 1.29 is 0 Å². The van der Waals surface area contributed by atoms with E-state index in [9.17, 15) is 0 Å². The van der Waals surface area contributed by atoms with Gasteiger partial charge >= 0.3 is 0 Å². The molecule has 1 aliphatic heterocycles. The number of nitrogens with one attached hydrogen (secondary N) is 1. The van der Waals surface area contributed by atoms with Crippen LogP contribution in [0, 0.1) is 6.92 Å². The van der Waals surface area contributed by atoms with Gasteiger partial charge in [-0.1, -0.05) is 29.8 Å². The third-order valence-electron chi connectivity index (χ3n) is 3.68. The standard InChI is InChI=1S/C16H24N2/c1-13(2)12-16(18-10-8-17-9-11-18)15-7-5-4-6-14(15)3/h4-7,16-17H,1,8-12H2,2-3H3/t16-/m1/s1. The minimum atomic E-state index is 0.491. The molecule has 0 aliphatic carbocycles. The zero-order valence-electron chi connectivity index (χ0n) is 11.6.